The number of rotatable bonds is 4. The third kappa shape index (κ3) is 2.85. The van der Waals surface area contributed by atoms with E-state index in [1.54, 1.807) is 12.5 Å². The molecular formula is C26H21N3O. The van der Waals surface area contributed by atoms with E-state index >= 15 is 0 Å². The van der Waals surface area contributed by atoms with E-state index in [0.29, 0.717) is 0 Å². The minimum Gasteiger partial charge on any atom is -0.331 e. The van der Waals surface area contributed by atoms with E-state index in [0.717, 1.165) is 50.1 Å². The lowest BCUT2D eigenvalue weighted by atomic mass is 9.92. The van der Waals surface area contributed by atoms with Gasteiger partial charge in [-0.1, -0.05) is 66.7 Å². The Hall–Kier alpha value is -3.92. The van der Waals surface area contributed by atoms with Crippen LogP contribution >= 0.6 is 0 Å². The van der Waals surface area contributed by atoms with Gasteiger partial charge in [0.2, 0.25) is 0 Å². The molecule has 5 rings (SSSR count). The largest absolute Gasteiger partial charge is 0.331 e. The number of nitrogens with one attached hydrogen (secondary N) is 1. The van der Waals surface area contributed by atoms with E-state index in [2.05, 4.69) is 34.2 Å². The molecule has 2 heterocycles. The summed E-state index contributed by atoms with van der Waals surface area (Å²) in [5.74, 6) is 0.865. The van der Waals surface area contributed by atoms with Gasteiger partial charge in [-0.05, 0) is 35.7 Å². The van der Waals surface area contributed by atoms with Crippen molar-refractivity contribution in [1.82, 2.24) is 14.5 Å². The molecule has 4 nitrogen and oxygen atoms in total. The van der Waals surface area contributed by atoms with Crippen LogP contribution in [-0.4, -0.2) is 20.3 Å². The molecular weight excluding hydrogens is 370 g/mol. The molecule has 146 valence electrons. The minimum absolute atomic E-state index is 0.0341. The predicted octanol–water partition coefficient (Wildman–Crippen LogP) is 5.87. The van der Waals surface area contributed by atoms with Gasteiger partial charge in [-0.3, -0.25) is 4.79 Å². The summed E-state index contributed by atoms with van der Waals surface area (Å²) in [6.45, 7) is 3.97. The Morgan fingerprint density at radius 3 is 2.47 bits per heavy atom. The number of aromatic nitrogens is 3. The number of aryl methyl sites for hydroxylation is 1. The van der Waals surface area contributed by atoms with Crippen LogP contribution in [0.3, 0.4) is 0 Å². The van der Waals surface area contributed by atoms with E-state index < -0.39 is 0 Å². The summed E-state index contributed by atoms with van der Waals surface area (Å²) in [5.41, 5.74) is 5.27. The topological polar surface area (TPSA) is 50.7 Å². The molecule has 0 atom stereocenters. The third-order valence-corrected chi connectivity index (χ3v) is 5.69. The number of carbonyl (C=O) groups excluding carboxylic acids is 1. The van der Waals surface area contributed by atoms with Crippen molar-refractivity contribution >= 4 is 16.6 Å². The maximum atomic E-state index is 13.8. The average Bonchev–Trinajstić information content (AvgIpc) is 3.41. The Balaban J connectivity index is 1.81. The first kappa shape index (κ1) is 18.1. The molecule has 30 heavy (non-hydrogen) atoms. The van der Waals surface area contributed by atoms with E-state index in [1.807, 2.05) is 67.1 Å². The summed E-state index contributed by atoms with van der Waals surface area (Å²) in [6.07, 6.45) is 5.45. The second-order valence-electron chi connectivity index (χ2n) is 7.48. The number of carbonyl (C=O) groups is 1. The number of benzene rings is 3. The van der Waals surface area contributed by atoms with E-state index in [9.17, 15) is 4.79 Å². The van der Waals surface area contributed by atoms with Gasteiger partial charge in [0, 0.05) is 23.0 Å². The standard InChI is InChI=1S/C26H21N3O/c1-17-8-3-5-11-20(17)26(30)25-18(2)29(24-14-27-16-28-24)15-23(25)22-13-7-10-19-9-4-6-12-21(19)22/h3-16H,1-2H3,(H,27,28). The third-order valence-electron chi connectivity index (χ3n) is 5.69. The highest BCUT2D eigenvalue weighted by atomic mass is 16.1. The fourth-order valence-corrected chi connectivity index (χ4v) is 4.15. The molecule has 2 aromatic heterocycles. The van der Waals surface area contributed by atoms with Gasteiger partial charge in [0.05, 0.1) is 18.1 Å². The van der Waals surface area contributed by atoms with Gasteiger partial charge in [0.25, 0.3) is 0 Å². The maximum absolute atomic E-state index is 13.8. The Kier molecular flexibility index (Phi) is 4.32. The first-order chi connectivity index (χ1) is 14.6. The van der Waals surface area contributed by atoms with Crippen LogP contribution in [0.2, 0.25) is 0 Å². The Morgan fingerprint density at radius 2 is 1.67 bits per heavy atom. The zero-order valence-electron chi connectivity index (χ0n) is 16.9. The molecule has 3 aromatic carbocycles. The zero-order valence-corrected chi connectivity index (χ0v) is 16.9. The van der Waals surface area contributed by atoms with Gasteiger partial charge >= 0.3 is 0 Å². The molecule has 5 aromatic rings. The SMILES string of the molecule is Cc1ccccc1C(=O)c1c(-c2cccc3ccccc23)cn(-c2cnc[nH]2)c1C. The molecule has 0 aliphatic carbocycles. The normalized spacial score (nSPS) is 11.1. The van der Waals surface area contributed by atoms with Crippen LogP contribution in [0, 0.1) is 13.8 Å². The number of hydrogen-bond donors (Lipinski definition) is 1. The zero-order chi connectivity index (χ0) is 20.7. The van der Waals surface area contributed by atoms with Gasteiger partial charge < -0.3 is 9.55 Å². The van der Waals surface area contributed by atoms with Crippen LogP contribution in [0.15, 0.2) is 85.5 Å². The van der Waals surface area contributed by atoms with E-state index in [-0.39, 0.29) is 5.78 Å². The Morgan fingerprint density at radius 1 is 0.900 bits per heavy atom. The molecule has 4 heteroatoms. The van der Waals surface area contributed by atoms with Crippen molar-refractivity contribution in [2.24, 2.45) is 0 Å². The fourth-order valence-electron chi connectivity index (χ4n) is 4.15. The molecule has 0 saturated heterocycles. The van der Waals surface area contributed by atoms with Crippen molar-refractivity contribution in [3.8, 4) is 16.9 Å². The molecule has 0 aliphatic heterocycles. The van der Waals surface area contributed by atoms with Gasteiger partial charge in [-0.2, -0.15) is 0 Å². The van der Waals surface area contributed by atoms with Crippen LogP contribution in [-0.2, 0) is 0 Å². The number of ketones is 1. The second kappa shape index (κ2) is 7.16. The van der Waals surface area contributed by atoms with Crippen LogP contribution < -0.4 is 0 Å². The second-order valence-corrected chi connectivity index (χ2v) is 7.48. The van der Waals surface area contributed by atoms with Crippen molar-refractivity contribution < 1.29 is 4.79 Å². The molecule has 0 radical (unpaired) electrons. The van der Waals surface area contributed by atoms with Crippen molar-refractivity contribution in [2.45, 2.75) is 13.8 Å². The highest BCUT2D eigenvalue weighted by Crippen LogP contribution is 2.36. The maximum Gasteiger partial charge on any atom is 0.195 e. The summed E-state index contributed by atoms with van der Waals surface area (Å²) in [5, 5.41) is 2.27. The lowest BCUT2D eigenvalue weighted by Gasteiger charge is -2.10. The summed E-state index contributed by atoms with van der Waals surface area (Å²) in [4.78, 5) is 21.1. The number of nitrogens with zero attached hydrogens (tertiary/aromatic N) is 2. The Bertz CT molecular complexity index is 1370. The molecule has 0 aliphatic rings. The summed E-state index contributed by atoms with van der Waals surface area (Å²) in [7, 11) is 0. The van der Waals surface area contributed by atoms with E-state index in [1.165, 1.54) is 0 Å². The molecule has 0 unspecified atom stereocenters. The number of hydrogen-bond acceptors (Lipinski definition) is 2. The van der Waals surface area contributed by atoms with Crippen LogP contribution in [0.25, 0.3) is 27.7 Å². The highest BCUT2D eigenvalue weighted by molar-refractivity contribution is 6.16. The summed E-state index contributed by atoms with van der Waals surface area (Å²) >= 11 is 0. The molecule has 0 saturated carbocycles. The van der Waals surface area contributed by atoms with Crippen molar-refractivity contribution in [2.75, 3.05) is 0 Å². The number of H-pyrrole nitrogens is 1. The molecule has 0 spiro atoms. The quantitative estimate of drug-likeness (QED) is 0.390. The van der Waals surface area contributed by atoms with Gasteiger partial charge in [-0.15, -0.1) is 0 Å². The predicted molar refractivity (Wildman–Crippen MR) is 120 cm³/mol. The smallest absolute Gasteiger partial charge is 0.195 e. The van der Waals surface area contributed by atoms with Crippen LogP contribution in [0.5, 0.6) is 0 Å². The van der Waals surface area contributed by atoms with Crippen LogP contribution in [0.4, 0.5) is 0 Å². The van der Waals surface area contributed by atoms with Gasteiger partial charge in [0.15, 0.2) is 5.78 Å². The first-order valence-corrected chi connectivity index (χ1v) is 9.94. The Labute approximate surface area is 174 Å². The summed E-state index contributed by atoms with van der Waals surface area (Å²) < 4.78 is 2.01. The highest BCUT2D eigenvalue weighted by Gasteiger charge is 2.24. The molecule has 0 fully saturated rings. The fraction of sp³-hybridized carbons (Fsp3) is 0.0769. The monoisotopic (exact) mass is 391 g/mol. The van der Waals surface area contributed by atoms with E-state index in [4.69, 9.17) is 0 Å². The molecule has 0 amide bonds. The summed E-state index contributed by atoms with van der Waals surface area (Å²) in [6, 6.07) is 22.3. The van der Waals surface area contributed by atoms with Gasteiger partial charge in [-0.25, -0.2) is 4.98 Å². The van der Waals surface area contributed by atoms with Crippen molar-refractivity contribution in [3.05, 3.63) is 108 Å². The molecule has 0 bridgehead atoms. The average molecular weight is 391 g/mol. The van der Waals surface area contributed by atoms with Gasteiger partial charge in [0.1, 0.15) is 5.82 Å². The number of aromatic amines is 1. The first-order valence-electron chi connectivity index (χ1n) is 9.94. The van der Waals surface area contributed by atoms with Crippen molar-refractivity contribution in [3.63, 3.8) is 0 Å². The van der Waals surface area contributed by atoms with Crippen LogP contribution in [0.1, 0.15) is 27.2 Å². The van der Waals surface area contributed by atoms with Crippen molar-refractivity contribution in [1.29, 1.82) is 0 Å². The molecule has 1 N–H and O–H groups in total. The lowest BCUT2D eigenvalue weighted by Crippen LogP contribution is -2.07. The lowest BCUT2D eigenvalue weighted by molar-refractivity contribution is 0.103. The number of imidazole rings is 1. The number of fused-ring (bicyclic) bond motifs is 1. The minimum atomic E-state index is 0.0341.